The number of carbonyl (C=O) groups is 2. The van der Waals surface area contributed by atoms with Crippen LogP contribution in [0.25, 0.3) is 0 Å². The number of aromatic amines is 1. The molecule has 0 unspecified atom stereocenters. The third-order valence-corrected chi connectivity index (χ3v) is 2.09. The van der Waals surface area contributed by atoms with Gasteiger partial charge in [-0.3, -0.25) is 14.4 Å². The molecule has 0 aliphatic carbocycles. The summed E-state index contributed by atoms with van der Waals surface area (Å²) in [5.74, 6) is -1.63. The first kappa shape index (κ1) is 12.9. The maximum atomic E-state index is 11.9. The Bertz CT molecular complexity index is 460. The SMILES string of the molecule is CC(C)N(CC(=O)O)C(=O)c1ccc(=O)[nH]n1. The van der Waals surface area contributed by atoms with E-state index in [9.17, 15) is 14.4 Å². The summed E-state index contributed by atoms with van der Waals surface area (Å²) in [5.41, 5.74) is -0.407. The van der Waals surface area contributed by atoms with Gasteiger partial charge in [-0.05, 0) is 19.9 Å². The molecule has 0 aromatic carbocycles. The Kier molecular flexibility index (Phi) is 3.97. The van der Waals surface area contributed by atoms with Crippen molar-refractivity contribution in [1.29, 1.82) is 0 Å². The lowest BCUT2D eigenvalue weighted by molar-refractivity contribution is -0.138. The summed E-state index contributed by atoms with van der Waals surface area (Å²) in [5, 5.41) is 14.4. The second-order valence-corrected chi connectivity index (χ2v) is 3.73. The van der Waals surface area contributed by atoms with E-state index in [-0.39, 0.29) is 11.7 Å². The average Bonchev–Trinajstić information content (AvgIpc) is 2.25. The first-order chi connectivity index (χ1) is 7.91. The Morgan fingerprint density at radius 3 is 2.53 bits per heavy atom. The number of nitrogens with one attached hydrogen (secondary N) is 1. The van der Waals surface area contributed by atoms with E-state index in [0.717, 1.165) is 4.90 Å². The van der Waals surface area contributed by atoms with Crippen LogP contribution in [0.15, 0.2) is 16.9 Å². The van der Waals surface area contributed by atoms with Crippen LogP contribution in [0.3, 0.4) is 0 Å². The van der Waals surface area contributed by atoms with Crippen LogP contribution < -0.4 is 5.56 Å². The molecule has 7 heteroatoms. The van der Waals surface area contributed by atoms with Gasteiger partial charge in [0.2, 0.25) is 0 Å². The van der Waals surface area contributed by atoms with Crippen molar-refractivity contribution in [2.45, 2.75) is 19.9 Å². The molecule has 0 aliphatic heterocycles. The molecule has 1 rings (SSSR count). The minimum Gasteiger partial charge on any atom is -0.480 e. The number of aromatic nitrogens is 2. The normalized spacial score (nSPS) is 10.3. The third kappa shape index (κ3) is 3.40. The number of nitrogens with zero attached hydrogens (tertiary/aromatic N) is 2. The largest absolute Gasteiger partial charge is 0.480 e. The highest BCUT2D eigenvalue weighted by Crippen LogP contribution is 2.04. The molecular weight excluding hydrogens is 226 g/mol. The molecule has 17 heavy (non-hydrogen) atoms. The van der Waals surface area contributed by atoms with E-state index < -0.39 is 24.0 Å². The molecule has 0 bridgehead atoms. The highest BCUT2D eigenvalue weighted by atomic mass is 16.4. The van der Waals surface area contributed by atoms with Gasteiger partial charge in [-0.2, -0.15) is 5.10 Å². The lowest BCUT2D eigenvalue weighted by atomic mass is 10.2. The average molecular weight is 239 g/mol. The number of H-pyrrole nitrogens is 1. The summed E-state index contributed by atoms with van der Waals surface area (Å²) in [6, 6.07) is 2.16. The molecule has 0 aliphatic rings. The zero-order valence-electron chi connectivity index (χ0n) is 9.51. The van der Waals surface area contributed by atoms with Gasteiger partial charge < -0.3 is 10.0 Å². The Balaban J connectivity index is 2.95. The third-order valence-electron chi connectivity index (χ3n) is 2.09. The Morgan fingerprint density at radius 1 is 1.47 bits per heavy atom. The topological polar surface area (TPSA) is 103 Å². The standard InChI is InChI=1S/C10H13N3O4/c1-6(2)13(5-9(15)16)10(17)7-3-4-8(14)12-11-7/h3-4,6H,5H2,1-2H3,(H,12,14)(H,15,16). The van der Waals surface area contributed by atoms with Crippen molar-refractivity contribution >= 4 is 11.9 Å². The lowest BCUT2D eigenvalue weighted by Crippen LogP contribution is -2.41. The highest BCUT2D eigenvalue weighted by Gasteiger charge is 2.22. The van der Waals surface area contributed by atoms with Gasteiger partial charge >= 0.3 is 5.97 Å². The van der Waals surface area contributed by atoms with Gasteiger partial charge in [0.25, 0.3) is 11.5 Å². The second kappa shape index (κ2) is 5.24. The van der Waals surface area contributed by atoms with Crippen molar-refractivity contribution in [3.8, 4) is 0 Å². The van der Waals surface area contributed by atoms with Crippen LogP contribution in [-0.4, -0.2) is 44.7 Å². The molecule has 1 aromatic heterocycles. The number of hydrogen-bond donors (Lipinski definition) is 2. The summed E-state index contributed by atoms with van der Waals surface area (Å²) in [7, 11) is 0. The first-order valence-corrected chi connectivity index (χ1v) is 5.00. The van der Waals surface area contributed by atoms with Crippen LogP contribution in [0.5, 0.6) is 0 Å². The number of carboxylic acids is 1. The second-order valence-electron chi connectivity index (χ2n) is 3.73. The fraction of sp³-hybridized carbons (Fsp3) is 0.400. The number of rotatable bonds is 4. The molecule has 1 amide bonds. The van der Waals surface area contributed by atoms with E-state index in [1.165, 1.54) is 12.1 Å². The molecule has 0 atom stereocenters. The van der Waals surface area contributed by atoms with Crippen LogP contribution in [0.4, 0.5) is 0 Å². The molecule has 7 nitrogen and oxygen atoms in total. The van der Waals surface area contributed by atoms with E-state index >= 15 is 0 Å². The number of amides is 1. The fourth-order valence-corrected chi connectivity index (χ4v) is 1.25. The van der Waals surface area contributed by atoms with Crippen molar-refractivity contribution in [3.63, 3.8) is 0 Å². The molecule has 0 saturated heterocycles. The van der Waals surface area contributed by atoms with Crippen LogP contribution in [-0.2, 0) is 4.79 Å². The molecule has 0 radical (unpaired) electrons. The van der Waals surface area contributed by atoms with Gasteiger partial charge in [0.05, 0.1) is 0 Å². The van der Waals surface area contributed by atoms with Crippen molar-refractivity contribution in [2.24, 2.45) is 0 Å². The quantitative estimate of drug-likeness (QED) is 0.751. The van der Waals surface area contributed by atoms with Crippen LogP contribution in [0.1, 0.15) is 24.3 Å². The number of carbonyl (C=O) groups excluding carboxylic acids is 1. The summed E-state index contributed by atoms with van der Waals surface area (Å²) < 4.78 is 0. The van der Waals surface area contributed by atoms with E-state index in [2.05, 4.69) is 10.2 Å². The number of carboxylic acid groups (broad SMARTS) is 1. The van der Waals surface area contributed by atoms with Crippen molar-refractivity contribution in [3.05, 3.63) is 28.2 Å². The summed E-state index contributed by atoms with van der Waals surface area (Å²) in [4.78, 5) is 34.5. The fourth-order valence-electron chi connectivity index (χ4n) is 1.25. The van der Waals surface area contributed by atoms with Crippen molar-refractivity contribution < 1.29 is 14.7 Å². The van der Waals surface area contributed by atoms with Crippen LogP contribution >= 0.6 is 0 Å². The number of aliphatic carboxylic acids is 1. The van der Waals surface area contributed by atoms with Gasteiger partial charge in [-0.1, -0.05) is 0 Å². The van der Waals surface area contributed by atoms with Gasteiger partial charge in [0.15, 0.2) is 0 Å². The summed E-state index contributed by atoms with van der Waals surface area (Å²) >= 11 is 0. The molecule has 92 valence electrons. The van der Waals surface area contributed by atoms with Crippen LogP contribution in [0, 0.1) is 0 Å². The van der Waals surface area contributed by atoms with Crippen molar-refractivity contribution in [1.82, 2.24) is 15.1 Å². The monoisotopic (exact) mass is 239 g/mol. The molecule has 1 aromatic rings. The predicted molar refractivity (Wildman–Crippen MR) is 58.7 cm³/mol. The highest BCUT2D eigenvalue weighted by molar-refractivity contribution is 5.94. The summed E-state index contributed by atoms with van der Waals surface area (Å²) in [6.45, 7) is 3.00. The molecular formula is C10H13N3O4. The molecule has 1 heterocycles. The van der Waals surface area contributed by atoms with E-state index in [0.29, 0.717) is 0 Å². The zero-order valence-corrected chi connectivity index (χ0v) is 9.51. The van der Waals surface area contributed by atoms with E-state index in [1.807, 2.05) is 0 Å². The Morgan fingerprint density at radius 2 is 2.12 bits per heavy atom. The maximum absolute atomic E-state index is 11.9. The van der Waals surface area contributed by atoms with E-state index in [1.54, 1.807) is 13.8 Å². The minimum absolute atomic E-state index is 0.0135. The maximum Gasteiger partial charge on any atom is 0.323 e. The molecule has 0 saturated carbocycles. The predicted octanol–water partition coefficient (Wildman–Crippen LogP) is -0.295. The molecule has 0 spiro atoms. The molecule has 0 fully saturated rings. The van der Waals surface area contributed by atoms with Gasteiger partial charge in [0.1, 0.15) is 12.2 Å². The number of hydrogen-bond acceptors (Lipinski definition) is 4. The van der Waals surface area contributed by atoms with Gasteiger partial charge in [0, 0.05) is 12.1 Å². The van der Waals surface area contributed by atoms with E-state index in [4.69, 9.17) is 5.11 Å². The Hall–Kier alpha value is -2.18. The molecule has 2 N–H and O–H groups in total. The Labute approximate surface area is 97.1 Å². The van der Waals surface area contributed by atoms with Gasteiger partial charge in [-0.25, -0.2) is 5.10 Å². The van der Waals surface area contributed by atoms with Gasteiger partial charge in [-0.15, -0.1) is 0 Å². The zero-order chi connectivity index (χ0) is 13.0. The smallest absolute Gasteiger partial charge is 0.323 e. The first-order valence-electron chi connectivity index (χ1n) is 5.00. The van der Waals surface area contributed by atoms with Crippen LogP contribution in [0.2, 0.25) is 0 Å². The lowest BCUT2D eigenvalue weighted by Gasteiger charge is -2.24. The summed E-state index contributed by atoms with van der Waals surface area (Å²) in [6.07, 6.45) is 0. The van der Waals surface area contributed by atoms with Crippen molar-refractivity contribution in [2.75, 3.05) is 6.54 Å². The minimum atomic E-state index is -1.10.